The van der Waals surface area contributed by atoms with Crippen molar-refractivity contribution in [1.82, 2.24) is 15.0 Å². The molecular weight excluding hydrogens is 392 g/mol. The Bertz CT molecular complexity index is 1110. The molecule has 148 valence electrons. The molecule has 0 radical (unpaired) electrons. The number of ether oxygens (including phenoxy) is 1. The molecule has 2 aromatic heterocycles. The SMILES string of the molecule is O=C(Nc1nccs1)c1cccc2[nH]c(-c3ccc(OCC(O)CO)cc3)nc12. The minimum absolute atomic E-state index is 0.0120. The van der Waals surface area contributed by atoms with Crippen molar-refractivity contribution in [2.24, 2.45) is 0 Å². The maximum atomic E-state index is 12.6. The van der Waals surface area contributed by atoms with E-state index in [1.165, 1.54) is 11.3 Å². The van der Waals surface area contributed by atoms with Gasteiger partial charge in [-0.15, -0.1) is 11.3 Å². The summed E-state index contributed by atoms with van der Waals surface area (Å²) in [6.07, 6.45) is 0.713. The summed E-state index contributed by atoms with van der Waals surface area (Å²) in [5.41, 5.74) is 2.60. The van der Waals surface area contributed by atoms with Crippen molar-refractivity contribution in [1.29, 1.82) is 0 Å². The molecule has 4 aromatic rings. The number of amides is 1. The zero-order valence-corrected chi connectivity index (χ0v) is 16.0. The van der Waals surface area contributed by atoms with Gasteiger partial charge >= 0.3 is 0 Å². The van der Waals surface area contributed by atoms with Crippen LogP contribution in [0, 0.1) is 0 Å². The third kappa shape index (κ3) is 4.27. The first-order valence-corrected chi connectivity index (χ1v) is 9.74. The summed E-state index contributed by atoms with van der Waals surface area (Å²) < 4.78 is 5.41. The summed E-state index contributed by atoms with van der Waals surface area (Å²) >= 11 is 1.35. The molecule has 4 N–H and O–H groups in total. The molecule has 2 heterocycles. The van der Waals surface area contributed by atoms with Crippen molar-refractivity contribution in [2.45, 2.75) is 6.10 Å². The fourth-order valence-corrected chi connectivity index (χ4v) is 3.28. The Morgan fingerprint density at radius 3 is 2.79 bits per heavy atom. The zero-order valence-electron chi connectivity index (χ0n) is 15.2. The molecule has 1 unspecified atom stereocenters. The van der Waals surface area contributed by atoms with Crippen LogP contribution in [0.2, 0.25) is 0 Å². The van der Waals surface area contributed by atoms with Gasteiger partial charge in [0.15, 0.2) is 5.13 Å². The third-order valence-electron chi connectivity index (χ3n) is 4.19. The van der Waals surface area contributed by atoms with E-state index in [0.717, 1.165) is 11.1 Å². The molecule has 1 atom stereocenters. The van der Waals surface area contributed by atoms with E-state index in [4.69, 9.17) is 9.84 Å². The molecule has 4 rings (SSSR count). The van der Waals surface area contributed by atoms with Gasteiger partial charge in [-0.05, 0) is 36.4 Å². The standard InChI is InChI=1S/C20H18N4O4S/c25-10-13(26)11-28-14-6-4-12(5-7-14)18-22-16-3-1-2-15(17(16)23-18)19(27)24-20-21-8-9-29-20/h1-9,13,25-26H,10-11H2,(H,22,23)(H,21,24,27). The van der Waals surface area contributed by atoms with Gasteiger partial charge in [0.1, 0.15) is 29.8 Å². The Labute approximate surface area is 169 Å². The van der Waals surface area contributed by atoms with E-state index in [-0.39, 0.29) is 19.1 Å². The Hall–Kier alpha value is -3.27. The Morgan fingerprint density at radius 2 is 2.07 bits per heavy atom. The second kappa shape index (κ2) is 8.39. The topological polar surface area (TPSA) is 120 Å². The summed E-state index contributed by atoms with van der Waals surface area (Å²) in [6, 6.07) is 12.5. The van der Waals surface area contributed by atoms with Gasteiger partial charge in [-0.1, -0.05) is 6.07 Å². The van der Waals surface area contributed by atoms with Crippen LogP contribution >= 0.6 is 11.3 Å². The Morgan fingerprint density at radius 1 is 1.24 bits per heavy atom. The van der Waals surface area contributed by atoms with E-state index in [2.05, 4.69) is 20.3 Å². The lowest BCUT2D eigenvalue weighted by atomic mass is 10.2. The highest BCUT2D eigenvalue weighted by atomic mass is 32.1. The number of fused-ring (bicyclic) bond motifs is 1. The molecule has 0 spiro atoms. The van der Waals surface area contributed by atoms with Crippen LogP contribution in [0.4, 0.5) is 5.13 Å². The average Bonchev–Trinajstić information content (AvgIpc) is 3.41. The largest absolute Gasteiger partial charge is 0.491 e. The van der Waals surface area contributed by atoms with Gasteiger partial charge in [-0.3, -0.25) is 10.1 Å². The number of nitrogens with one attached hydrogen (secondary N) is 2. The summed E-state index contributed by atoms with van der Waals surface area (Å²) in [4.78, 5) is 24.5. The zero-order chi connectivity index (χ0) is 20.2. The number of H-pyrrole nitrogens is 1. The van der Waals surface area contributed by atoms with Crippen LogP contribution in [0.25, 0.3) is 22.4 Å². The molecular formula is C20H18N4O4S. The van der Waals surface area contributed by atoms with Crippen molar-refractivity contribution in [2.75, 3.05) is 18.5 Å². The highest BCUT2D eigenvalue weighted by Crippen LogP contribution is 2.25. The number of aromatic nitrogens is 3. The molecule has 9 heteroatoms. The number of aliphatic hydroxyl groups excluding tert-OH is 2. The van der Waals surface area contributed by atoms with E-state index in [1.54, 1.807) is 35.8 Å². The van der Waals surface area contributed by atoms with Gasteiger partial charge in [-0.2, -0.15) is 0 Å². The molecule has 0 fully saturated rings. The molecule has 0 bridgehead atoms. The van der Waals surface area contributed by atoms with Crippen LogP contribution < -0.4 is 10.1 Å². The highest BCUT2D eigenvalue weighted by molar-refractivity contribution is 7.13. The van der Waals surface area contributed by atoms with Gasteiger partial charge in [0.2, 0.25) is 0 Å². The van der Waals surface area contributed by atoms with Crippen molar-refractivity contribution < 1.29 is 19.7 Å². The minimum Gasteiger partial charge on any atom is -0.491 e. The number of rotatable bonds is 7. The summed E-state index contributed by atoms with van der Waals surface area (Å²) in [5, 5.41) is 23.3. The van der Waals surface area contributed by atoms with Crippen molar-refractivity contribution in [3.05, 3.63) is 59.6 Å². The van der Waals surface area contributed by atoms with E-state index >= 15 is 0 Å². The first kappa shape index (κ1) is 19.1. The monoisotopic (exact) mass is 410 g/mol. The van der Waals surface area contributed by atoms with Crippen LogP contribution in [-0.2, 0) is 0 Å². The summed E-state index contributed by atoms with van der Waals surface area (Å²) in [5.74, 6) is 0.923. The number of aliphatic hydroxyl groups is 2. The summed E-state index contributed by atoms with van der Waals surface area (Å²) in [6.45, 7) is -0.340. The van der Waals surface area contributed by atoms with Crippen LogP contribution in [-0.4, -0.2) is 50.4 Å². The third-order valence-corrected chi connectivity index (χ3v) is 4.88. The van der Waals surface area contributed by atoms with Crippen LogP contribution in [0.1, 0.15) is 10.4 Å². The number of aromatic amines is 1. The van der Waals surface area contributed by atoms with E-state index in [1.807, 2.05) is 18.2 Å². The van der Waals surface area contributed by atoms with Crippen LogP contribution in [0.15, 0.2) is 54.0 Å². The molecule has 0 aliphatic heterocycles. The number of nitrogens with zero attached hydrogens (tertiary/aromatic N) is 2. The number of carbonyl (C=O) groups excluding carboxylic acids is 1. The molecule has 1 amide bonds. The molecule has 8 nitrogen and oxygen atoms in total. The number of thiazole rings is 1. The second-order valence-corrected chi connectivity index (χ2v) is 7.14. The van der Waals surface area contributed by atoms with Gasteiger partial charge < -0.3 is 19.9 Å². The predicted octanol–water partition coefficient (Wildman–Crippen LogP) is 2.67. The van der Waals surface area contributed by atoms with E-state index < -0.39 is 6.10 Å². The molecule has 0 aliphatic carbocycles. The average molecular weight is 410 g/mol. The number of hydrogen-bond donors (Lipinski definition) is 4. The molecule has 0 saturated carbocycles. The number of carbonyl (C=O) groups is 1. The number of benzene rings is 2. The fraction of sp³-hybridized carbons (Fsp3) is 0.150. The minimum atomic E-state index is -0.918. The number of imidazole rings is 1. The lowest BCUT2D eigenvalue weighted by Crippen LogP contribution is -2.21. The van der Waals surface area contributed by atoms with E-state index in [9.17, 15) is 9.90 Å². The number of anilines is 1. The second-order valence-electron chi connectivity index (χ2n) is 6.25. The number of hydrogen-bond acceptors (Lipinski definition) is 7. The molecule has 0 aliphatic rings. The highest BCUT2D eigenvalue weighted by Gasteiger charge is 2.15. The van der Waals surface area contributed by atoms with E-state index in [0.29, 0.717) is 27.8 Å². The first-order chi connectivity index (χ1) is 14.1. The maximum Gasteiger partial charge on any atom is 0.259 e. The Balaban J connectivity index is 1.57. The van der Waals surface area contributed by atoms with Crippen molar-refractivity contribution >= 4 is 33.4 Å². The van der Waals surface area contributed by atoms with Crippen molar-refractivity contribution in [3.63, 3.8) is 0 Å². The molecule has 2 aromatic carbocycles. The van der Waals surface area contributed by atoms with Gasteiger partial charge in [0.25, 0.3) is 5.91 Å². The molecule has 0 saturated heterocycles. The fourth-order valence-electron chi connectivity index (χ4n) is 2.76. The van der Waals surface area contributed by atoms with Crippen LogP contribution in [0.5, 0.6) is 5.75 Å². The van der Waals surface area contributed by atoms with Crippen molar-refractivity contribution in [3.8, 4) is 17.1 Å². The molecule has 29 heavy (non-hydrogen) atoms. The maximum absolute atomic E-state index is 12.6. The van der Waals surface area contributed by atoms with Gasteiger partial charge in [-0.25, -0.2) is 9.97 Å². The first-order valence-electron chi connectivity index (χ1n) is 8.86. The Kier molecular flexibility index (Phi) is 5.52. The number of para-hydroxylation sites is 1. The smallest absolute Gasteiger partial charge is 0.259 e. The quantitative estimate of drug-likeness (QED) is 0.372. The van der Waals surface area contributed by atoms with Crippen LogP contribution in [0.3, 0.4) is 0 Å². The normalized spacial score (nSPS) is 12.1. The van der Waals surface area contributed by atoms with Gasteiger partial charge in [0.05, 0.1) is 17.7 Å². The lowest BCUT2D eigenvalue weighted by molar-refractivity contribution is 0.0536. The van der Waals surface area contributed by atoms with Gasteiger partial charge in [0, 0.05) is 17.1 Å². The lowest BCUT2D eigenvalue weighted by Gasteiger charge is -2.09. The summed E-state index contributed by atoms with van der Waals surface area (Å²) in [7, 11) is 0. The predicted molar refractivity (Wildman–Crippen MR) is 110 cm³/mol.